The number of nitrogens with two attached hydrogens (primary N) is 1. The Balaban J connectivity index is 2.00. The van der Waals surface area contributed by atoms with Crippen molar-refractivity contribution in [2.24, 2.45) is 5.73 Å². The molecule has 100 valence electrons. The van der Waals surface area contributed by atoms with Gasteiger partial charge in [0.25, 0.3) is 0 Å². The maximum absolute atomic E-state index is 6.18. The molecule has 2 N–H and O–H groups in total. The van der Waals surface area contributed by atoms with Crippen LogP contribution in [0.1, 0.15) is 12.5 Å². The molecule has 0 aromatic heterocycles. The first-order valence-electron chi connectivity index (χ1n) is 6.09. The number of morpholine rings is 1. The van der Waals surface area contributed by atoms with Crippen LogP contribution in [0.3, 0.4) is 0 Å². The second-order valence-corrected chi connectivity index (χ2v) is 5.58. The SMILES string of the molecule is CC(N)C1CN(Cc2ccc(Cl)cc2Cl)CCO1. The predicted octanol–water partition coefficient (Wildman–Crippen LogP) is 2.54. The fourth-order valence-electron chi connectivity index (χ4n) is 2.08. The zero-order valence-corrected chi connectivity index (χ0v) is 11.9. The Morgan fingerprint density at radius 1 is 1.50 bits per heavy atom. The maximum Gasteiger partial charge on any atom is 0.0850 e. The summed E-state index contributed by atoms with van der Waals surface area (Å²) in [5.41, 5.74) is 6.97. The molecule has 0 saturated carbocycles. The average Bonchev–Trinajstić information content (AvgIpc) is 2.33. The highest BCUT2D eigenvalue weighted by Gasteiger charge is 2.23. The Bertz CT molecular complexity index is 412. The first-order valence-corrected chi connectivity index (χ1v) is 6.85. The van der Waals surface area contributed by atoms with Gasteiger partial charge in [-0.25, -0.2) is 0 Å². The fourth-order valence-corrected chi connectivity index (χ4v) is 2.55. The van der Waals surface area contributed by atoms with E-state index in [1.165, 1.54) is 0 Å². The molecule has 2 rings (SSSR count). The van der Waals surface area contributed by atoms with Crippen LogP contribution in [-0.2, 0) is 11.3 Å². The Kier molecular flexibility index (Phi) is 4.87. The van der Waals surface area contributed by atoms with Crippen LogP contribution in [0, 0.1) is 0 Å². The summed E-state index contributed by atoms with van der Waals surface area (Å²) in [6.45, 7) is 5.25. The van der Waals surface area contributed by atoms with Gasteiger partial charge in [0, 0.05) is 35.7 Å². The number of ether oxygens (including phenoxy) is 1. The molecule has 18 heavy (non-hydrogen) atoms. The highest BCUT2D eigenvalue weighted by Crippen LogP contribution is 2.23. The van der Waals surface area contributed by atoms with E-state index in [0.717, 1.165) is 31.8 Å². The molecule has 1 aromatic rings. The highest BCUT2D eigenvalue weighted by atomic mass is 35.5. The molecule has 0 bridgehead atoms. The summed E-state index contributed by atoms with van der Waals surface area (Å²) in [6.07, 6.45) is 0.102. The van der Waals surface area contributed by atoms with Gasteiger partial charge in [-0.2, -0.15) is 0 Å². The minimum Gasteiger partial charge on any atom is -0.374 e. The van der Waals surface area contributed by atoms with Gasteiger partial charge in [-0.05, 0) is 24.6 Å². The summed E-state index contributed by atoms with van der Waals surface area (Å²) in [5, 5.41) is 1.38. The van der Waals surface area contributed by atoms with Crippen LogP contribution in [0.15, 0.2) is 18.2 Å². The van der Waals surface area contributed by atoms with Crippen molar-refractivity contribution in [1.29, 1.82) is 0 Å². The monoisotopic (exact) mass is 288 g/mol. The second kappa shape index (κ2) is 6.22. The van der Waals surface area contributed by atoms with Gasteiger partial charge in [0.2, 0.25) is 0 Å². The summed E-state index contributed by atoms with van der Waals surface area (Å²) < 4.78 is 5.64. The Hall–Kier alpha value is -0.320. The van der Waals surface area contributed by atoms with Crippen molar-refractivity contribution in [3.63, 3.8) is 0 Å². The van der Waals surface area contributed by atoms with Crippen molar-refractivity contribution >= 4 is 23.2 Å². The largest absolute Gasteiger partial charge is 0.374 e. The molecule has 0 amide bonds. The van der Waals surface area contributed by atoms with Crippen LogP contribution in [-0.4, -0.2) is 36.7 Å². The molecular formula is C13H18Cl2N2O. The van der Waals surface area contributed by atoms with Crippen molar-refractivity contribution in [2.75, 3.05) is 19.7 Å². The van der Waals surface area contributed by atoms with Crippen molar-refractivity contribution < 1.29 is 4.74 Å². The van der Waals surface area contributed by atoms with Gasteiger partial charge in [-0.3, -0.25) is 4.90 Å². The third kappa shape index (κ3) is 3.59. The first kappa shape index (κ1) is 14.1. The molecule has 2 atom stereocenters. The van der Waals surface area contributed by atoms with E-state index in [0.29, 0.717) is 10.0 Å². The molecule has 0 aliphatic carbocycles. The van der Waals surface area contributed by atoms with Gasteiger partial charge < -0.3 is 10.5 Å². The summed E-state index contributed by atoms with van der Waals surface area (Å²) in [7, 11) is 0. The van der Waals surface area contributed by atoms with E-state index in [2.05, 4.69) is 4.90 Å². The first-order chi connectivity index (χ1) is 8.56. The molecule has 0 radical (unpaired) electrons. The van der Waals surface area contributed by atoms with Gasteiger partial charge in [0.15, 0.2) is 0 Å². The van der Waals surface area contributed by atoms with E-state index in [4.69, 9.17) is 33.7 Å². The summed E-state index contributed by atoms with van der Waals surface area (Å²) >= 11 is 12.1. The minimum atomic E-state index is 0.0495. The summed E-state index contributed by atoms with van der Waals surface area (Å²) in [6, 6.07) is 5.67. The molecule has 3 nitrogen and oxygen atoms in total. The van der Waals surface area contributed by atoms with Crippen molar-refractivity contribution in [3.05, 3.63) is 33.8 Å². The molecular weight excluding hydrogens is 271 g/mol. The molecule has 1 aliphatic rings. The van der Waals surface area contributed by atoms with Crippen LogP contribution in [0.4, 0.5) is 0 Å². The van der Waals surface area contributed by atoms with E-state index < -0.39 is 0 Å². The zero-order valence-electron chi connectivity index (χ0n) is 10.4. The molecule has 0 spiro atoms. The Morgan fingerprint density at radius 3 is 2.94 bits per heavy atom. The molecule has 2 unspecified atom stereocenters. The van der Waals surface area contributed by atoms with Crippen molar-refractivity contribution in [1.82, 2.24) is 4.90 Å². The lowest BCUT2D eigenvalue weighted by atomic mass is 10.1. The standard InChI is InChI=1S/C13H18Cl2N2O/c1-9(16)13-8-17(4-5-18-13)7-10-2-3-11(14)6-12(10)15/h2-3,6,9,13H,4-5,7-8,16H2,1H3. The molecule has 5 heteroatoms. The molecule has 1 aromatic carbocycles. The van der Waals surface area contributed by atoms with Crippen molar-refractivity contribution in [3.8, 4) is 0 Å². The van der Waals surface area contributed by atoms with E-state index >= 15 is 0 Å². The quantitative estimate of drug-likeness (QED) is 0.929. The molecule has 1 fully saturated rings. The van der Waals surface area contributed by atoms with Crippen LogP contribution in [0.2, 0.25) is 10.0 Å². The van der Waals surface area contributed by atoms with Crippen LogP contribution < -0.4 is 5.73 Å². The van der Waals surface area contributed by atoms with Crippen molar-refractivity contribution in [2.45, 2.75) is 25.6 Å². The number of hydrogen-bond donors (Lipinski definition) is 1. The van der Waals surface area contributed by atoms with Crippen LogP contribution in [0.25, 0.3) is 0 Å². The second-order valence-electron chi connectivity index (χ2n) is 4.74. The number of nitrogens with zero attached hydrogens (tertiary/aromatic N) is 1. The topological polar surface area (TPSA) is 38.5 Å². The summed E-state index contributed by atoms with van der Waals surface area (Å²) in [5.74, 6) is 0. The number of benzene rings is 1. The maximum atomic E-state index is 6.18. The summed E-state index contributed by atoms with van der Waals surface area (Å²) in [4.78, 5) is 2.31. The van der Waals surface area contributed by atoms with Crippen LogP contribution in [0.5, 0.6) is 0 Å². The highest BCUT2D eigenvalue weighted by molar-refractivity contribution is 6.35. The Labute approximate surface area is 118 Å². The third-order valence-electron chi connectivity index (χ3n) is 3.17. The average molecular weight is 289 g/mol. The normalized spacial score (nSPS) is 23.0. The fraction of sp³-hybridized carbons (Fsp3) is 0.538. The lowest BCUT2D eigenvalue weighted by Crippen LogP contribution is -2.49. The van der Waals surface area contributed by atoms with Gasteiger partial charge in [-0.1, -0.05) is 29.3 Å². The minimum absolute atomic E-state index is 0.0495. The van der Waals surface area contributed by atoms with E-state index in [9.17, 15) is 0 Å². The molecule has 1 heterocycles. The molecule has 1 aliphatic heterocycles. The van der Waals surface area contributed by atoms with E-state index in [1.807, 2.05) is 19.1 Å². The van der Waals surface area contributed by atoms with Gasteiger partial charge in [-0.15, -0.1) is 0 Å². The van der Waals surface area contributed by atoms with E-state index in [-0.39, 0.29) is 12.1 Å². The van der Waals surface area contributed by atoms with Crippen LogP contribution >= 0.6 is 23.2 Å². The van der Waals surface area contributed by atoms with Gasteiger partial charge in [0.05, 0.1) is 12.7 Å². The van der Waals surface area contributed by atoms with Gasteiger partial charge >= 0.3 is 0 Å². The lowest BCUT2D eigenvalue weighted by molar-refractivity contribution is -0.0403. The molecule has 1 saturated heterocycles. The van der Waals surface area contributed by atoms with Gasteiger partial charge in [0.1, 0.15) is 0 Å². The number of hydrogen-bond acceptors (Lipinski definition) is 3. The zero-order chi connectivity index (χ0) is 13.1. The number of halogens is 2. The smallest absolute Gasteiger partial charge is 0.0850 e. The third-order valence-corrected chi connectivity index (χ3v) is 3.76. The predicted molar refractivity (Wildman–Crippen MR) is 75.1 cm³/mol. The number of rotatable bonds is 3. The Morgan fingerprint density at radius 2 is 2.28 bits per heavy atom. The van der Waals surface area contributed by atoms with E-state index in [1.54, 1.807) is 6.07 Å². The lowest BCUT2D eigenvalue weighted by Gasteiger charge is -2.34.